The molecule has 7 heteroatoms. The molecule has 0 aliphatic rings. The molecule has 0 saturated carbocycles. The quantitative estimate of drug-likeness (QED) is 0.744. The summed E-state index contributed by atoms with van der Waals surface area (Å²) < 4.78 is 10.6. The van der Waals surface area contributed by atoms with Crippen molar-refractivity contribution in [2.75, 3.05) is 20.2 Å². The third kappa shape index (κ3) is 5.65. The van der Waals surface area contributed by atoms with Crippen LogP contribution < -0.4 is 15.4 Å². The van der Waals surface area contributed by atoms with Crippen molar-refractivity contribution < 1.29 is 23.9 Å². The molecule has 0 aromatic heterocycles. The van der Waals surface area contributed by atoms with Gasteiger partial charge in [0.05, 0.1) is 6.54 Å². The molecule has 0 saturated heterocycles. The summed E-state index contributed by atoms with van der Waals surface area (Å²) in [5.74, 6) is -0.711. The van der Waals surface area contributed by atoms with Gasteiger partial charge in [0, 0.05) is 7.05 Å². The van der Waals surface area contributed by atoms with Crippen LogP contribution in [0.15, 0.2) is 54.6 Å². The van der Waals surface area contributed by atoms with E-state index in [4.69, 9.17) is 9.47 Å². The van der Waals surface area contributed by atoms with Crippen molar-refractivity contribution >= 4 is 17.8 Å². The molecule has 0 aliphatic carbocycles. The average Bonchev–Trinajstić information content (AvgIpc) is 2.65. The maximum absolute atomic E-state index is 12.2. The summed E-state index contributed by atoms with van der Waals surface area (Å²) in [6.45, 7) is -0.671. The van der Waals surface area contributed by atoms with E-state index in [0.29, 0.717) is 11.5 Å². The standard InChI is InChI=1S/C18H18N2O5/c1-19-16(21)11-20-17(22)12-24-18(23)14-9-5-6-10-15(14)25-13-7-3-2-4-8-13/h2-10H,11-12H2,1H3,(H,19,21)(H,20,22). The van der Waals surface area contributed by atoms with Crippen LogP contribution in [0, 0.1) is 0 Å². The highest BCUT2D eigenvalue weighted by Gasteiger charge is 2.16. The summed E-state index contributed by atoms with van der Waals surface area (Å²) >= 11 is 0. The largest absolute Gasteiger partial charge is 0.456 e. The lowest BCUT2D eigenvalue weighted by Gasteiger charge is -2.11. The Morgan fingerprint density at radius 1 is 0.920 bits per heavy atom. The van der Waals surface area contributed by atoms with Gasteiger partial charge in [-0.2, -0.15) is 0 Å². The molecule has 7 nitrogen and oxygen atoms in total. The van der Waals surface area contributed by atoms with Gasteiger partial charge in [-0.15, -0.1) is 0 Å². The predicted octanol–water partition coefficient (Wildman–Crippen LogP) is 1.50. The topological polar surface area (TPSA) is 93.7 Å². The van der Waals surface area contributed by atoms with E-state index in [2.05, 4.69) is 10.6 Å². The van der Waals surface area contributed by atoms with E-state index < -0.39 is 18.5 Å². The number of hydrogen-bond donors (Lipinski definition) is 2. The zero-order chi connectivity index (χ0) is 18.1. The maximum Gasteiger partial charge on any atom is 0.342 e. The first-order valence-electron chi connectivity index (χ1n) is 7.56. The van der Waals surface area contributed by atoms with E-state index in [1.165, 1.54) is 7.05 Å². The zero-order valence-electron chi connectivity index (χ0n) is 13.7. The molecular formula is C18H18N2O5. The fourth-order valence-corrected chi connectivity index (χ4v) is 1.87. The SMILES string of the molecule is CNC(=O)CNC(=O)COC(=O)c1ccccc1Oc1ccccc1. The third-order valence-electron chi connectivity index (χ3n) is 3.14. The number of esters is 1. The molecule has 2 amide bonds. The Bertz CT molecular complexity index is 746. The fraction of sp³-hybridized carbons (Fsp3) is 0.167. The van der Waals surface area contributed by atoms with Gasteiger partial charge in [0.25, 0.3) is 5.91 Å². The highest BCUT2D eigenvalue weighted by molar-refractivity contribution is 5.94. The van der Waals surface area contributed by atoms with Crippen LogP contribution in [0.5, 0.6) is 11.5 Å². The summed E-state index contributed by atoms with van der Waals surface area (Å²) in [5.41, 5.74) is 0.199. The normalized spacial score (nSPS) is 9.80. The lowest BCUT2D eigenvalue weighted by molar-refractivity contribution is -0.127. The monoisotopic (exact) mass is 342 g/mol. The van der Waals surface area contributed by atoms with Gasteiger partial charge in [0.1, 0.15) is 17.1 Å². The number of ether oxygens (including phenoxy) is 2. The Balaban J connectivity index is 1.95. The number of benzene rings is 2. The zero-order valence-corrected chi connectivity index (χ0v) is 13.7. The number of amides is 2. The number of nitrogens with one attached hydrogen (secondary N) is 2. The highest BCUT2D eigenvalue weighted by atomic mass is 16.5. The Hall–Kier alpha value is -3.35. The van der Waals surface area contributed by atoms with Crippen molar-refractivity contribution in [3.05, 3.63) is 60.2 Å². The first-order chi connectivity index (χ1) is 12.1. The van der Waals surface area contributed by atoms with Crippen LogP contribution in [0.3, 0.4) is 0 Å². The maximum atomic E-state index is 12.2. The molecule has 2 rings (SSSR count). The van der Waals surface area contributed by atoms with Crippen LogP contribution in [0.4, 0.5) is 0 Å². The predicted molar refractivity (Wildman–Crippen MR) is 90.3 cm³/mol. The minimum absolute atomic E-state index is 0.180. The summed E-state index contributed by atoms with van der Waals surface area (Å²) in [7, 11) is 1.46. The van der Waals surface area contributed by atoms with Crippen LogP contribution in [-0.4, -0.2) is 38.0 Å². The Labute approximate surface area is 144 Å². The van der Waals surface area contributed by atoms with Crippen molar-refractivity contribution in [1.82, 2.24) is 10.6 Å². The average molecular weight is 342 g/mol. The van der Waals surface area contributed by atoms with Gasteiger partial charge in [-0.25, -0.2) is 4.79 Å². The van der Waals surface area contributed by atoms with Crippen LogP contribution in [0.25, 0.3) is 0 Å². The van der Waals surface area contributed by atoms with Gasteiger partial charge >= 0.3 is 5.97 Å². The molecule has 0 unspecified atom stereocenters. The molecule has 0 heterocycles. The number of hydrogen-bond acceptors (Lipinski definition) is 5. The van der Waals surface area contributed by atoms with E-state index in [1.807, 2.05) is 18.2 Å². The highest BCUT2D eigenvalue weighted by Crippen LogP contribution is 2.25. The lowest BCUT2D eigenvalue weighted by atomic mass is 10.2. The van der Waals surface area contributed by atoms with E-state index in [0.717, 1.165) is 0 Å². The molecule has 2 aromatic carbocycles. The molecule has 0 atom stereocenters. The van der Waals surface area contributed by atoms with Crippen LogP contribution >= 0.6 is 0 Å². The molecule has 130 valence electrons. The van der Waals surface area contributed by atoms with Gasteiger partial charge in [-0.05, 0) is 24.3 Å². The third-order valence-corrected chi connectivity index (χ3v) is 3.14. The summed E-state index contributed by atoms with van der Waals surface area (Å²) in [6, 6.07) is 15.6. The molecule has 0 spiro atoms. The van der Waals surface area contributed by atoms with Gasteiger partial charge in [-0.3, -0.25) is 9.59 Å². The Morgan fingerprint density at radius 3 is 2.32 bits per heavy atom. The summed E-state index contributed by atoms with van der Waals surface area (Å²) in [6.07, 6.45) is 0. The Kier molecular flexibility index (Phi) is 6.53. The molecular weight excluding hydrogens is 324 g/mol. The molecule has 0 aliphatic heterocycles. The van der Waals surface area contributed by atoms with Crippen LogP contribution in [-0.2, 0) is 14.3 Å². The van der Waals surface area contributed by atoms with E-state index in [1.54, 1.807) is 36.4 Å². The molecule has 0 fully saturated rings. The molecule has 0 bridgehead atoms. The van der Waals surface area contributed by atoms with E-state index in [-0.39, 0.29) is 18.0 Å². The van der Waals surface area contributed by atoms with Crippen LogP contribution in [0.2, 0.25) is 0 Å². The second-order valence-electron chi connectivity index (χ2n) is 4.94. The number of rotatable bonds is 7. The van der Waals surface area contributed by atoms with Crippen LogP contribution in [0.1, 0.15) is 10.4 Å². The van der Waals surface area contributed by atoms with Crippen molar-refractivity contribution in [3.8, 4) is 11.5 Å². The van der Waals surface area contributed by atoms with Gasteiger partial charge in [0.2, 0.25) is 5.91 Å². The van der Waals surface area contributed by atoms with E-state index >= 15 is 0 Å². The molecule has 25 heavy (non-hydrogen) atoms. The molecule has 2 aromatic rings. The summed E-state index contributed by atoms with van der Waals surface area (Å²) in [5, 5.41) is 4.70. The molecule has 0 radical (unpaired) electrons. The first kappa shape index (κ1) is 18.0. The number of carbonyl (C=O) groups is 3. The van der Waals surface area contributed by atoms with Crippen molar-refractivity contribution in [1.29, 1.82) is 0 Å². The minimum Gasteiger partial charge on any atom is -0.456 e. The van der Waals surface area contributed by atoms with Gasteiger partial charge < -0.3 is 20.1 Å². The lowest BCUT2D eigenvalue weighted by Crippen LogP contribution is -2.37. The molecule has 2 N–H and O–H groups in total. The first-order valence-corrected chi connectivity index (χ1v) is 7.56. The van der Waals surface area contributed by atoms with Crippen molar-refractivity contribution in [2.45, 2.75) is 0 Å². The number of likely N-dealkylation sites (N-methyl/N-ethyl adjacent to an activating group) is 1. The summed E-state index contributed by atoms with van der Waals surface area (Å²) in [4.78, 5) is 34.8. The number of para-hydroxylation sites is 2. The van der Waals surface area contributed by atoms with E-state index in [9.17, 15) is 14.4 Å². The van der Waals surface area contributed by atoms with Crippen molar-refractivity contribution in [3.63, 3.8) is 0 Å². The van der Waals surface area contributed by atoms with Crippen molar-refractivity contribution in [2.24, 2.45) is 0 Å². The second kappa shape index (κ2) is 9.07. The minimum atomic E-state index is -0.693. The smallest absolute Gasteiger partial charge is 0.342 e. The number of carbonyl (C=O) groups excluding carboxylic acids is 3. The Morgan fingerprint density at radius 2 is 1.60 bits per heavy atom. The second-order valence-corrected chi connectivity index (χ2v) is 4.94. The fourth-order valence-electron chi connectivity index (χ4n) is 1.87. The van der Waals surface area contributed by atoms with Gasteiger partial charge in [-0.1, -0.05) is 30.3 Å². The van der Waals surface area contributed by atoms with Gasteiger partial charge in [0.15, 0.2) is 6.61 Å².